The van der Waals surface area contributed by atoms with Crippen molar-refractivity contribution in [3.63, 3.8) is 0 Å². The van der Waals surface area contributed by atoms with Crippen molar-refractivity contribution in [2.75, 3.05) is 26.2 Å². The molecule has 4 rings (SSSR count). The molecule has 0 spiro atoms. The molecule has 38 heavy (non-hydrogen) atoms. The van der Waals surface area contributed by atoms with Crippen LogP contribution in [0.5, 0.6) is 5.75 Å². The van der Waals surface area contributed by atoms with E-state index in [-0.39, 0.29) is 30.9 Å². The molecule has 8 nitrogen and oxygen atoms in total. The molecular formula is C28H31ClN4O4S. The predicted octanol–water partition coefficient (Wildman–Crippen LogP) is 4.19. The second-order valence-electron chi connectivity index (χ2n) is 9.24. The Morgan fingerprint density at radius 1 is 1.16 bits per heavy atom. The van der Waals surface area contributed by atoms with Crippen LogP contribution >= 0.6 is 22.9 Å². The molecule has 3 aromatic rings. The van der Waals surface area contributed by atoms with Crippen LogP contribution in [-0.4, -0.2) is 59.9 Å². The number of aromatic nitrogens is 1. The lowest BCUT2D eigenvalue weighted by Gasteiger charge is -2.24. The Morgan fingerprint density at radius 3 is 2.68 bits per heavy atom. The first-order valence-electron chi connectivity index (χ1n) is 12.6. The Labute approximate surface area is 231 Å². The van der Waals surface area contributed by atoms with Crippen LogP contribution in [0.4, 0.5) is 0 Å². The topological polar surface area (TPSA) is 101 Å². The van der Waals surface area contributed by atoms with Crippen molar-refractivity contribution >= 4 is 40.7 Å². The van der Waals surface area contributed by atoms with Gasteiger partial charge in [-0.05, 0) is 56.9 Å². The summed E-state index contributed by atoms with van der Waals surface area (Å²) in [5.74, 6) is -0.386. The van der Waals surface area contributed by atoms with Crippen LogP contribution < -0.4 is 15.4 Å². The van der Waals surface area contributed by atoms with E-state index >= 15 is 0 Å². The maximum atomic E-state index is 13.4. The van der Waals surface area contributed by atoms with Crippen molar-refractivity contribution in [1.29, 1.82) is 0 Å². The zero-order valence-electron chi connectivity index (χ0n) is 21.5. The first-order chi connectivity index (χ1) is 18.3. The lowest BCUT2D eigenvalue weighted by Crippen LogP contribution is -2.47. The molecule has 3 amide bonds. The number of thiazole rings is 1. The number of amides is 3. The summed E-state index contributed by atoms with van der Waals surface area (Å²) in [5, 5.41) is 7.19. The average Bonchev–Trinajstić information content (AvgIpc) is 3.23. The first-order valence-corrected chi connectivity index (χ1v) is 13.8. The number of nitrogens with zero attached hydrogens (tertiary/aromatic N) is 2. The lowest BCUT2D eigenvalue weighted by molar-refractivity contribution is -0.122. The number of rotatable bonds is 3. The summed E-state index contributed by atoms with van der Waals surface area (Å²) >= 11 is 7.50. The largest absolute Gasteiger partial charge is 0.491 e. The molecule has 1 aliphatic rings. The van der Waals surface area contributed by atoms with Gasteiger partial charge in [-0.1, -0.05) is 41.9 Å². The number of halogens is 1. The Kier molecular flexibility index (Phi) is 9.36. The Hall–Kier alpha value is -3.43. The van der Waals surface area contributed by atoms with E-state index in [2.05, 4.69) is 15.6 Å². The Balaban J connectivity index is 1.59. The molecule has 1 aliphatic heterocycles. The van der Waals surface area contributed by atoms with Crippen molar-refractivity contribution in [3.05, 3.63) is 80.3 Å². The number of aryl methyl sites for hydroxylation is 2. The van der Waals surface area contributed by atoms with Gasteiger partial charge in [0, 0.05) is 18.1 Å². The van der Waals surface area contributed by atoms with Gasteiger partial charge in [0.15, 0.2) is 0 Å². The molecule has 200 valence electrons. The quantitative estimate of drug-likeness (QED) is 0.506. The van der Waals surface area contributed by atoms with Gasteiger partial charge in [-0.2, -0.15) is 0 Å². The van der Waals surface area contributed by atoms with E-state index in [1.54, 1.807) is 30.0 Å². The summed E-state index contributed by atoms with van der Waals surface area (Å²) in [5.41, 5.74) is 2.02. The number of benzene rings is 2. The minimum absolute atomic E-state index is 0.0843. The second kappa shape index (κ2) is 12.9. The summed E-state index contributed by atoms with van der Waals surface area (Å²) in [6, 6.07) is 14.3. The van der Waals surface area contributed by atoms with Gasteiger partial charge in [0.2, 0.25) is 5.91 Å². The lowest BCUT2D eigenvalue weighted by atomic mass is 10.1. The summed E-state index contributed by atoms with van der Waals surface area (Å²) in [7, 11) is 0. The molecule has 10 heteroatoms. The van der Waals surface area contributed by atoms with E-state index in [1.165, 1.54) is 11.3 Å². The molecule has 0 unspecified atom stereocenters. The Morgan fingerprint density at radius 2 is 1.95 bits per heavy atom. The van der Waals surface area contributed by atoms with Crippen LogP contribution in [0.25, 0.3) is 0 Å². The summed E-state index contributed by atoms with van der Waals surface area (Å²) < 4.78 is 6.06. The minimum atomic E-state index is -0.397. The van der Waals surface area contributed by atoms with Crippen LogP contribution in [0.3, 0.4) is 0 Å². The summed E-state index contributed by atoms with van der Waals surface area (Å²) in [6.07, 6.45) is 1.76. The highest BCUT2D eigenvalue weighted by Crippen LogP contribution is 2.24. The van der Waals surface area contributed by atoms with Crippen LogP contribution in [0.1, 0.15) is 49.1 Å². The number of carbonyl (C=O) groups is 3. The number of hydrogen-bond acceptors (Lipinski definition) is 6. The SMILES string of the molecule is Cc1nc(C)c(C(=O)N2CCCCNC(=O)c3cc(Cl)ccc3OC[C@@H](Cc3ccccc3)NC(=O)C2)s1. The normalized spacial score (nSPS) is 17.3. The smallest absolute Gasteiger partial charge is 0.266 e. The molecular weight excluding hydrogens is 524 g/mol. The van der Waals surface area contributed by atoms with Gasteiger partial charge in [0.05, 0.1) is 28.9 Å². The third-order valence-electron chi connectivity index (χ3n) is 6.18. The maximum Gasteiger partial charge on any atom is 0.266 e. The van der Waals surface area contributed by atoms with E-state index in [4.69, 9.17) is 16.3 Å². The van der Waals surface area contributed by atoms with E-state index in [1.807, 2.05) is 37.3 Å². The third kappa shape index (κ3) is 7.33. The molecule has 2 heterocycles. The molecule has 0 radical (unpaired) electrons. The van der Waals surface area contributed by atoms with Crippen LogP contribution in [0, 0.1) is 13.8 Å². The average molecular weight is 555 g/mol. The Bertz CT molecular complexity index is 1300. The van der Waals surface area contributed by atoms with Gasteiger partial charge in [-0.15, -0.1) is 11.3 Å². The summed E-state index contributed by atoms with van der Waals surface area (Å²) in [6.45, 7) is 4.49. The molecule has 1 aromatic heterocycles. The van der Waals surface area contributed by atoms with Crippen LogP contribution in [0.2, 0.25) is 5.02 Å². The highest BCUT2D eigenvalue weighted by atomic mass is 35.5. The van der Waals surface area contributed by atoms with Gasteiger partial charge in [0.1, 0.15) is 17.2 Å². The van der Waals surface area contributed by atoms with Crippen molar-refractivity contribution < 1.29 is 19.1 Å². The molecule has 0 saturated carbocycles. The number of hydrogen-bond donors (Lipinski definition) is 2. The minimum Gasteiger partial charge on any atom is -0.491 e. The van der Waals surface area contributed by atoms with E-state index < -0.39 is 6.04 Å². The van der Waals surface area contributed by atoms with Gasteiger partial charge in [-0.3, -0.25) is 14.4 Å². The van der Waals surface area contributed by atoms with Crippen molar-refractivity contribution in [3.8, 4) is 5.75 Å². The van der Waals surface area contributed by atoms with Gasteiger partial charge in [-0.25, -0.2) is 4.98 Å². The fraction of sp³-hybridized carbons (Fsp3) is 0.357. The monoisotopic (exact) mass is 554 g/mol. The number of carbonyl (C=O) groups excluding carboxylic acids is 3. The fourth-order valence-corrected chi connectivity index (χ4v) is 5.40. The number of nitrogens with one attached hydrogen (secondary N) is 2. The highest BCUT2D eigenvalue weighted by molar-refractivity contribution is 7.13. The predicted molar refractivity (Wildman–Crippen MR) is 148 cm³/mol. The van der Waals surface area contributed by atoms with Crippen molar-refractivity contribution in [1.82, 2.24) is 20.5 Å². The second-order valence-corrected chi connectivity index (χ2v) is 10.9. The fourth-order valence-electron chi connectivity index (χ4n) is 4.34. The molecule has 2 N–H and O–H groups in total. The highest BCUT2D eigenvalue weighted by Gasteiger charge is 2.25. The molecule has 0 saturated heterocycles. The third-order valence-corrected chi connectivity index (χ3v) is 7.47. The van der Waals surface area contributed by atoms with Gasteiger partial charge >= 0.3 is 0 Å². The zero-order chi connectivity index (χ0) is 27.1. The van der Waals surface area contributed by atoms with E-state index in [0.717, 1.165) is 10.6 Å². The molecule has 0 bridgehead atoms. The van der Waals surface area contributed by atoms with Crippen molar-refractivity contribution in [2.45, 2.75) is 39.2 Å². The molecule has 2 aromatic carbocycles. The number of fused-ring (bicyclic) bond motifs is 1. The maximum absolute atomic E-state index is 13.4. The zero-order valence-corrected chi connectivity index (χ0v) is 23.0. The van der Waals surface area contributed by atoms with Crippen LogP contribution in [-0.2, 0) is 11.2 Å². The van der Waals surface area contributed by atoms with E-state index in [0.29, 0.717) is 59.3 Å². The molecule has 0 aliphatic carbocycles. The van der Waals surface area contributed by atoms with Crippen molar-refractivity contribution in [2.24, 2.45) is 0 Å². The summed E-state index contributed by atoms with van der Waals surface area (Å²) in [4.78, 5) is 46.0. The standard InChI is InChI=1S/C28H31ClN4O4S/c1-18-26(38-19(2)31-18)28(36)33-13-7-6-12-30-27(35)23-15-21(29)10-11-24(23)37-17-22(32-25(34)16-33)14-20-8-4-3-5-9-20/h3-5,8-11,15,22H,6-7,12-14,16-17H2,1-2H3,(H,30,35)(H,32,34)/t22-/m1/s1. The number of ether oxygens (including phenoxy) is 1. The molecule has 0 fully saturated rings. The van der Waals surface area contributed by atoms with Gasteiger partial charge < -0.3 is 20.3 Å². The van der Waals surface area contributed by atoms with Crippen LogP contribution in [0.15, 0.2) is 48.5 Å². The van der Waals surface area contributed by atoms with E-state index in [9.17, 15) is 14.4 Å². The molecule has 1 atom stereocenters. The first kappa shape index (κ1) is 27.6. The van der Waals surface area contributed by atoms with Gasteiger partial charge in [0.25, 0.3) is 11.8 Å².